The Bertz CT molecular complexity index is 1400. The zero-order valence-corrected chi connectivity index (χ0v) is 20.6. The van der Waals surface area contributed by atoms with Crippen molar-refractivity contribution in [2.24, 2.45) is 0 Å². The van der Waals surface area contributed by atoms with Crippen molar-refractivity contribution < 1.29 is 23.7 Å². The lowest BCUT2D eigenvalue weighted by molar-refractivity contribution is -0.121. The Balaban J connectivity index is 1.35. The average molecular weight is 488 g/mol. The van der Waals surface area contributed by atoms with Crippen LogP contribution in [-0.4, -0.2) is 42.8 Å². The fourth-order valence-corrected chi connectivity index (χ4v) is 4.64. The number of hydrogen-bond donors (Lipinski definition) is 1. The third-order valence-electron chi connectivity index (χ3n) is 6.48. The number of rotatable bonds is 9. The molecule has 0 spiro atoms. The first-order chi connectivity index (χ1) is 17.6. The highest BCUT2D eigenvalue weighted by atomic mass is 16.7. The third-order valence-corrected chi connectivity index (χ3v) is 6.48. The Kier molecular flexibility index (Phi) is 6.66. The number of aromatic nitrogens is 2. The molecule has 0 bridgehead atoms. The van der Waals surface area contributed by atoms with Gasteiger partial charge in [0.2, 0.25) is 12.7 Å². The van der Waals surface area contributed by atoms with E-state index in [1.807, 2.05) is 67.7 Å². The molecule has 8 heteroatoms. The van der Waals surface area contributed by atoms with Gasteiger partial charge in [-0.1, -0.05) is 18.2 Å². The molecule has 1 N–H and O–H groups in total. The number of benzene rings is 2. The molecule has 1 aliphatic heterocycles. The van der Waals surface area contributed by atoms with Gasteiger partial charge >= 0.3 is 0 Å². The first kappa shape index (κ1) is 23.5. The van der Waals surface area contributed by atoms with Crippen LogP contribution in [0.2, 0.25) is 0 Å². The fourth-order valence-electron chi connectivity index (χ4n) is 4.64. The number of hydrogen-bond acceptors (Lipinski definition) is 6. The van der Waals surface area contributed by atoms with Crippen LogP contribution in [0.1, 0.15) is 34.9 Å². The molecule has 36 heavy (non-hydrogen) atoms. The Morgan fingerprint density at radius 1 is 1.06 bits per heavy atom. The number of carbonyl (C=O) groups is 1. The first-order valence-electron chi connectivity index (χ1n) is 11.9. The van der Waals surface area contributed by atoms with E-state index in [4.69, 9.17) is 18.9 Å². The number of nitrogens with zero attached hydrogens (tertiary/aromatic N) is 2. The number of methoxy groups -OCH3 is 2. The molecule has 1 unspecified atom stereocenters. The van der Waals surface area contributed by atoms with E-state index in [0.29, 0.717) is 36.0 Å². The zero-order chi connectivity index (χ0) is 25.1. The van der Waals surface area contributed by atoms with Crippen LogP contribution in [0, 0.1) is 6.92 Å². The van der Waals surface area contributed by atoms with Crippen molar-refractivity contribution in [3.8, 4) is 23.0 Å². The lowest BCUT2D eigenvalue weighted by Crippen LogP contribution is -2.27. The summed E-state index contributed by atoms with van der Waals surface area (Å²) in [7, 11) is 3.22. The van der Waals surface area contributed by atoms with Crippen molar-refractivity contribution in [1.29, 1.82) is 0 Å². The van der Waals surface area contributed by atoms with Crippen LogP contribution >= 0.6 is 0 Å². The van der Waals surface area contributed by atoms with Gasteiger partial charge in [0.25, 0.3) is 0 Å². The van der Waals surface area contributed by atoms with Crippen molar-refractivity contribution in [3.05, 3.63) is 83.3 Å². The minimum Gasteiger partial charge on any atom is -0.493 e. The normalized spacial score (nSPS) is 13.0. The predicted octanol–water partition coefficient (Wildman–Crippen LogP) is 4.27. The second-order valence-electron chi connectivity index (χ2n) is 8.70. The fraction of sp³-hybridized carbons (Fsp3) is 0.286. The molecule has 0 aliphatic carbocycles. The number of carbonyl (C=O) groups excluding carboxylic acids is 1. The molecule has 3 heterocycles. The zero-order valence-electron chi connectivity index (χ0n) is 20.6. The van der Waals surface area contributed by atoms with Crippen molar-refractivity contribution in [3.63, 3.8) is 0 Å². The van der Waals surface area contributed by atoms with Crippen LogP contribution < -0.4 is 24.3 Å². The molecule has 1 atom stereocenters. The predicted molar refractivity (Wildman–Crippen MR) is 135 cm³/mol. The molecule has 0 fully saturated rings. The van der Waals surface area contributed by atoms with Crippen LogP contribution in [0.4, 0.5) is 0 Å². The monoisotopic (exact) mass is 487 g/mol. The molecule has 2 aromatic carbocycles. The number of amides is 1. The second-order valence-corrected chi connectivity index (χ2v) is 8.70. The standard InChI is InChI=1S/C28H29N3O5/c1-18-5-4-6-27-30-16-22(31(18)27)21(20-8-10-24-26(14-20)36-17-35-24)15-28(32)29-12-11-19-7-9-23(33-2)25(13-19)34-3/h4-10,13-14,16,21H,11-12,15,17H2,1-3H3,(H,29,32). The summed E-state index contributed by atoms with van der Waals surface area (Å²) in [6.07, 6.45) is 2.80. The quantitative estimate of drug-likeness (QED) is 0.380. The van der Waals surface area contributed by atoms with Gasteiger partial charge in [0.1, 0.15) is 5.65 Å². The highest BCUT2D eigenvalue weighted by Crippen LogP contribution is 2.38. The molecule has 1 amide bonds. The van der Waals surface area contributed by atoms with Gasteiger partial charge in [-0.2, -0.15) is 0 Å². The summed E-state index contributed by atoms with van der Waals surface area (Å²) < 4.78 is 23.9. The molecule has 8 nitrogen and oxygen atoms in total. The molecule has 0 radical (unpaired) electrons. The molecule has 1 aliphatic rings. The maximum atomic E-state index is 13.1. The highest BCUT2D eigenvalue weighted by Gasteiger charge is 2.25. The largest absolute Gasteiger partial charge is 0.493 e. The topological polar surface area (TPSA) is 83.3 Å². The van der Waals surface area contributed by atoms with E-state index in [9.17, 15) is 4.79 Å². The Labute approximate surface area is 209 Å². The van der Waals surface area contributed by atoms with Gasteiger partial charge in [0, 0.05) is 30.8 Å². The maximum absolute atomic E-state index is 13.1. The summed E-state index contributed by atoms with van der Waals surface area (Å²) in [6.45, 7) is 2.75. The molecular weight excluding hydrogens is 458 g/mol. The van der Waals surface area contributed by atoms with Gasteiger partial charge in [0.05, 0.1) is 19.9 Å². The Hall–Kier alpha value is -4.20. The molecular formula is C28H29N3O5. The van der Waals surface area contributed by atoms with E-state index in [1.165, 1.54) is 0 Å². The summed E-state index contributed by atoms with van der Waals surface area (Å²) in [5, 5.41) is 3.08. The number of nitrogens with one attached hydrogen (secondary N) is 1. The summed E-state index contributed by atoms with van der Waals surface area (Å²) >= 11 is 0. The molecule has 2 aromatic heterocycles. The minimum absolute atomic E-state index is 0.0401. The van der Waals surface area contributed by atoms with E-state index in [0.717, 1.165) is 28.2 Å². The Morgan fingerprint density at radius 2 is 1.89 bits per heavy atom. The second kappa shape index (κ2) is 10.2. The van der Waals surface area contributed by atoms with E-state index in [-0.39, 0.29) is 25.0 Å². The van der Waals surface area contributed by atoms with Crippen molar-refractivity contribution in [1.82, 2.24) is 14.7 Å². The van der Waals surface area contributed by atoms with E-state index >= 15 is 0 Å². The number of pyridine rings is 1. The van der Waals surface area contributed by atoms with Crippen LogP contribution in [0.15, 0.2) is 60.8 Å². The summed E-state index contributed by atoms with van der Waals surface area (Å²) in [4.78, 5) is 17.7. The van der Waals surface area contributed by atoms with Crippen molar-refractivity contribution in [2.45, 2.75) is 25.7 Å². The molecule has 4 aromatic rings. The van der Waals surface area contributed by atoms with Gasteiger partial charge in [-0.15, -0.1) is 0 Å². The summed E-state index contributed by atoms with van der Waals surface area (Å²) in [5.41, 5.74) is 4.89. The van der Waals surface area contributed by atoms with Crippen LogP contribution in [0.3, 0.4) is 0 Å². The average Bonchev–Trinajstić information content (AvgIpc) is 3.54. The van der Waals surface area contributed by atoms with E-state index in [1.54, 1.807) is 14.2 Å². The summed E-state index contributed by atoms with van der Waals surface area (Å²) in [5.74, 6) is 2.51. The van der Waals surface area contributed by atoms with Gasteiger partial charge < -0.3 is 28.7 Å². The molecule has 5 rings (SSSR count). The van der Waals surface area contributed by atoms with E-state index in [2.05, 4.69) is 14.7 Å². The van der Waals surface area contributed by atoms with Crippen molar-refractivity contribution in [2.75, 3.05) is 27.6 Å². The summed E-state index contributed by atoms with van der Waals surface area (Å²) in [6, 6.07) is 17.6. The number of imidazole rings is 1. The number of ether oxygens (including phenoxy) is 4. The van der Waals surface area contributed by atoms with Gasteiger partial charge in [0.15, 0.2) is 23.0 Å². The number of fused-ring (bicyclic) bond motifs is 2. The molecule has 0 saturated carbocycles. The Morgan fingerprint density at radius 3 is 2.72 bits per heavy atom. The van der Waals surface area contributed by atoms with Gasteiger partial charge in [-0.3, -0.25) is 4.79 Å². The lowest BCUT2D eigenvalue weighted by Gasteiger charge is -2.19. The lowest BCUT2D eigenvalue weighted by atomic mass is 9.91. The van der Waals surface area contributed by atoms with Gasteiger partial charge in [-0.25, -0.2) is 4.98 Å². The maximum Gasteiger partial charge on any atom is 0.231 e. The smallest absolute Gasteiger partial charge is 0.231 e. The van der Waals surface area contributed by atoms with Gasteiger partial charge in [-0.05, 0) is 60.9 Å². The SMILES string of the molecule is COc1ccc(CCNC(=O)CC(c2ccc3c(c2)OCO3)c2cnc3cccc(C)n23)cc1OC. The van der Waals surface area contributed by atoms with Crippen LogP contribution in [0.25, 0.3) is 5.65 Å². The highest BCUT2D eigenvalue weighted by molar-refractivity contribution is 5.77. The first-order valence-corrected chi connectivity index (χ1v) is 11.9. The minimum atomic E-state index is -0.211. The molecule has 0 saturated heterocycles. The number of aryl methyl sites for hydroxylation is 1. The van der Waals surface area contributed by atoms with Crippen LogP contribution in [-0.2, 0) is 11.2 Å². The van der Waals surface area contributed by atoms with Crippen LogP contribution in [0.5, 0.6) is 23.0 Å². The van der Waals surface area contributed by atoms with Crippen molar-refractivity contribution >= 4 is 11.6 Å². The molecule has 186 valence electrons. The van der Waals surface area contributed by atoms with E-state index < -0.39 is 0 Å². The third kappa shape index (κ3) is 4.66.